The van der Waals surface area contributed by atoms with Crippen LogP contribution in [-0.2, 0) is 30.3 Å². The molecule has 160 valence electrons. The average molecular weight is 418 g/mol. The van der Waals surface area contributed by atoms with Crippen LogP contribution in [0.15, 0.2) is 48.5 Å². The van der Waals surface area contributed by atoms with E-state index in [1.54, 1.807) is 0 Å². The summed E-state index contributed by atoms with van der Waals surface area (Å²) in [6.45, 7) is 5.26. The van der Waals surface area contributed by atoms with Gasteiger partial charge in [0.05, 0.1) is 11.1 Å². The van der Waals surface area contributed by atoms with Gasteiger partial charge in [-0.2, -0.15) is 5.10 Å². The van der Waals surface area contributed by atoms with Crippen molar-refractivity contribution in [2.45, 2.75) is 45.2 Å². The Kier molecular flexibility index (Phi) is 4.73. The van der Waals surface area contributed by atoms with Gasteiger partial charge in [-0.15, -0.1) is 0 Å². The number of carbonyl (C=O) groups is 1. The summed E-state index contributed by atoms with van der Waals surface area (Å²) >= 11 is 0. The third kappa shape index (κ3) is 3.36. The zero-order chi connectivity index (χ0) is 21.6. The summed E-state index contributed by atoms with van der Waals surface area (Å²) in [6, 6.07) is 16.0. The molecule has 31 heavy (non-hydrogen) atoms. The van der Waals surface area contributed by atoms with E-state index in [4.69, 9.17) is 9.47 Å². The first-order chi connectivity index (χ1) is 15.0. The molecule has 6 nitrogen and oxygen atoms in total. The van der Waals surface area contributed by atoms with Gasteiger partial charge in [0.25, 0.3) is 0 Å². The summed E-state index contributed by atoms with van der Waals surface area (Å²) in [4.78, 5) is 16.0. The standard InChI is InChI=1S/C25H27N3O3/c1-17-21(18(2)27(3)26-17)15-28(14-19-8-7-11-22-23(19)31-16-30-22)24(29)25(12-13-25)20-9-5-4-6-10-20/h4-11H,12-16H2,1-3H3. The van der Waals surface area contributed by atoms with Crippen LogP contribution in [0.4, 0.5) is 0 Å². The highest BCUT2D eigenvalue weighted by Gasteiger charge is 2.53. The van der Waals surface area contributed by atoms with E-state index in [9.17, 15) is 4.79 Å². The molecular weight excluding hydrogens is 390 g/mol. The minimum Gasteiger partial charge on any atom is -0.454 e. The van der Waals surface area contributed by atoms with Gasteiger partial charge in [-0.05, 0) is 38.3 Å². The van der Waals surface area contributed by atoms with E-state index in [0.717, 1.165) is 52.4 Å². The first kappa shape index (κ1) is 19.7. The maximum absolute atomic E-state index is 14.0. The maximum Gasteiger partial charge on any atom is 0.233 e. The number of fused-ring (bicyclic) bond motifs is 1. The average Bonchev–Trinajstić information content (AvgIpc) is 3.38. The molecule has 1 saturated carbocycles. The van der Waals surface area contributed by atoms with Crippen molar-refractivity contribution < 1.29 is 14.3 Å². The Morgan fingerprint density at radius 2 is 1.84 bits per heavy atom. The Bertz CT molecular complexity index is 1130. The number of hydrogen-bond donors (Lipinski definition) is 0. The Labute approximate surface area is 182 Å². The fourth-order valence-corrected chi connectivity index (χ4v) is 4.57. The molecule has 1 fully saturated rings. The molecule has 0 saturated heterocycles. The van der Waals surface area contributed by atoms with E-state index in [0.29, 0.717) is 13.1 Å². The number of rotatable bonds is 6. The molecule has 1 amide bonds. The predicted octanol–water partition coefficient (Wildman–Crippen LogP) is 4.03. The molecule has 5 rings (SSSR count). The van der Waals surface area contributed by atoms with Gasteiger partial charge in [0.15, 0.2) is 11.5 Å². The minimum atomic E-state index is -0.430. The van der Waals surface area contributed by atoms with Crippen LogP contribution >= 0.6 is 0 Å². The van der Waals surface area contributed by atoms with Crippen LogP contribution in [0.1, 0.15) is 40.9 Å². The van der Waals surface area contributed by atoms with Gasteiger partial charge in [0.2, 0.25) is 12.7 Å². The summed E-state index contributed by atoms with van der Waals surface area (Å²) in [7, 11) is 1.94. The SMILES string of the molecule is Cc1nn(C)c(C)c1CN(Cc1cccc2c1OCO2)C(=O)C1(c2ccccc2)CC1. The number of carbonyl (C=O) groups excluding carboxylic acids is 1. The second kappa shape index (κ2) is 7.45. The van der Waals surface area contributed by atoms with E-state index in [1.807, 2.05) is 60.0 Å². The monoisotopic (exact) mass is 417 g/mol. The van der Waals surface area contributed by atoms with Crippen molar-refractivity contribution in [3.05, 3.63) is 76.6 Å². The van der Waals surface area contributed by atoms with Crippen LogP contribution in [0.3, 0.4) is 0 Å². The first-order valence-electron chi connectivity index (χ1n) is 10.7. The van der Waals surface area contributed by atoms with Crippen LogP contribution in [0.25, 0.3) is 0 Å². The van der Waals surface area contributed by atoms with Gasteiger partial charge < -0.3 is 14.4 Å². The molecule has 0 spiro atoms. The van der Waals surface area contributed by atoms with Gasteiger partial charge in [-0.1, -0.05) is 42.5 Å². The highest BCUT2D eigenvalue weighted by Crippen LogP contribution is 2.50. The normalized spacial score (nSPS) is 15.7. The summed E-state index contributed by atoms with van der Waals surface area (Å²) in [6.07, 6.45) is 1.76. The van der Waals surface area contributed by atoms with E-state index in [2.05, 4.69) is 24.2 Å². The molecule has 0 radical (unpaired) electrons. The van der Waals surface area contributed by atoms with Gasteiger partial charge >= 0.3 is 0 Å². The van der Waals surface area contributed by atoms with Crippen molar-refractivity contribution in [3.63, 3.8) is 0 Å². The fraction of sp³-hybridized carbons (Fsp3) is 0.360. The van der Waals surface area contributed by atoms with Crippen molar-refractivity contribution in [3.8, 4) is 11.5 Å². The van der Waals surface area contributed by atoms with Crippen LogP contribution in [-0.4, -0.2) is 27.4 Å². The predicted molar refractivity (Wildman–Crippen MR) is 117 cm³/mol. The molecule has 2 heterocycles. The van der Waals surface area contributed by atoms with Crippen molar-refractivity contribution in [1.29, 1.82) is 0 Å². The molecular formula is C25H27N3O3. The van der Waals surface area contributed by atoms with Crippen molar-refractivity contribution in [2.75, 3.05) is 6.79 Å². The molecule has 3 aromatic rings. The molecule has 2 aliphatic rings. The van der Waals surface area contributed by atoms with Crippen molar-refractivity contribution in [1.82, 2.24) is 14.7 Å². The number of amides is 1. The summed E-state index contributed by atoms with van der Waals surface area (Å²) in [5.74, 6) is 1.64. The van der Waals surface area contributed by atoms with Crippen molar-refractivity contribution in [2.24, 2.45) is 7.05 Å². The Balaban J connectivity index is 1.52. The maximum atomic E-state index is 14.0. The Morgan fingerprint density at radius 1 is 1.06 bits per heavy atom. The van der Waals surface area contributed by atoms with E-state index in [-0.39, 0.29) is 12.7 Å². The van der Waals surface area contributed by atoms with Crippen molar-refractivity contribution >= 4 is 5.91 Å². The first-order valence-corrected chi connectivity index (χ1v) is 10.7. The lowest BCUT2D eigenvalue weighted by Gasteiger charge is -2.28. The molecule has 1 aromatic heterocycles. The zero-order valence-electron chi connectivity index (χ0n) is 18.2. The van der Waals surface area contributed by atoms with Gasteiger partial charge in [-0.3, -0.25) is 9.48 Å². The molecule has 1 aliphatic heterocycles. The van der Waals surface area contributed by atoms with Gasteiger partial charge in [-0.25, -0.2) is 0 Å². The molecule has 0 N–H and O–H groups in total. The largest absolute Gasteiger partial charge is 0.454 e. The number of aryl methyl sites for hydroxylation is 2. The summed E-state index contributed by atoms with van der Waals surface area (Å²) in [5, 5.41) is 4.56. The van der Waals surface area contributed by atoms with Crippen LogP contribution in [0, 0.1) is 13.8 Å². The summed E-state index contributed by atoms with van der Waals surface area (Å²) < 4.78 is 13.2. The van der Waals surface area contributed by atoms with E-state index in [1.165, 1.54) is 0 Å². The van der Waals surface area contributed by atoms with Crippen LogP contribution < -0.4 is 9.47 Å². The molecule has 6 heteroatoms. The topological polar surface area (TPSA) is 56.6 Å². The highest BCUT2D eigenvalue weighted by atomic mass is 16.7. The minimum absolute atomic E-state index is 0.165. The number of ether oxygens (including phenoxy) is 2. The van der Waals surface area contributed by atoms with E-state index >= 15 is 0 Å². The second-order valence-corrected chi connectivity index (χ2v) is 8.53. The third-order valence-corrected chi connectivity index (χ3v) is 6.62. The molecule has 2 aromatic carbocycles. The lowest BCUT2D eigenvalue weighted by Crippen LogP contribution is -2.38. The number of hydrogen-bond acceptors (Lipinski definition) is 4. The zero-order valence-corrected chi connectivity index (χ0v) is 18.2. The number of nitrogens with zero attached hydrogens (tertiary/aromatic N) is 3. The summed E-state index contributed by atoms with van der Waals surface area (Å²) in [5.41, 5.74) is 4.77. The van der Waals surface area contributed by atoms with Crippen LogP contribution in [0.5, 0.6) is 11.5 Å². The van der Waals surface area contributed by atoms with Gasteiger partial charge in [0, 0.05) is 37.0 Å². The number of aromatic nitrogens is 2. The molecule has 0 bridgehead atoms. The Hall–Kier alpha value is -3.28. The fourth-order valence-electron chi connectivity index (χ4n) is 4.57. The lowest BCUT2D eigenvalue weighted by molar-refractivity contribution is -0.135. The number of benzene rings is 2. The van der Waals surface area contributed by atoms with Gasteiger partial charge in [0.1, 0.15) is 0 Å². The quantitative estimate of drug-likeness (QED) is 0.608. The second-order valence-electron chi connectivity index (χ2n) is 8.53. The van der Waals surface area contributed by atoms with Crippen LogP contribution in [0.2, 0.25) is 0 Å². The highest BCUT2D eigenvalue weighted by molar-refractivity contribution is 5.91. The lowest BCUT2D eigenvalue weighted by atomic mass is 9.93. The molecule has 0 atom stereocenters. The molecule has 0 unspecified atom stereocenters. The smallest absolute Gasteiger partial charge is 0.233 e. The number of para-hydroxylation sites is 1. The molecule has 1 aliphatic carbocycles. The third-order valence-electron chi connectivity index (χ3n) is 6.62. The van der Waals surface area contributed by atoms with E-state index < -0.39 is 5.41 Å². The Morgan fingerprint density at radius 3 is 2.52 bits per heavy atom.